The van der Waals surface area contributed by atoms with Crippen LogP contribution in [0, 0.1) is 11.7 Å². The zero-order valence-corrected chi connectivity index (χ0v) is 24.9. The Hall–Kier alpha value is -3.99. The van der Waals surface area contributed by atoms with E-state index in [1.807, 2.05) is 30.5 Å². The van der Waals surface area contributed by atoms with Gasteiger partial charge in [-0.25, -0.2) is 22.8 Å². The van der Waals surface area contributed by atoms with Crippen molar-refractivity contribution in [2.24, 2.45) is 5.92 Å². The van der Waals surface area contributed by atoms with E-state index in [1.54, 1.807) is 24.3 Å². The van der Waals surface area contributed by atoms with Crippen LogP contribution in [-0.4, -0.2) is 41.0 Å². The largest absolute Gasteiger partial charge is 0.487 e. The number of nitrogens with zero attached hydrogens (tertiary/aromatic N) is 3. The molecule has 3 heterocycles. The summed E-state index contributed by atoms with van der Waals surface area (Å²) in [7, 11) is -2.84. The summed E-state index contributed by atoms with van der Waals surface area (Å²) < 4.78 is 44.7. The minimum Gasteiger partial charge on any atom is -0.487 e. The number of halogens is 2. The molecule has 0 saturated carbocycles. The predicted molar refractivity (Wildman–Crippen MR) is 167 cm³/mol. The Kier molecular flexibility index (Phi) is 8.60. The first kappa shape index (κ1) is 29.1. The number of hydrogen-bond acceptors (Lipinski definition) is 7. The second-order valence-corrected chi connectivity index (χ2v) is 13.5. The van der Waals surface area contributed by atoms with Gasteiger partial charge in [-0.1, -0.05) is 23.7 Å². The molecule has 6 rings (SSSR count). The third kappa shape index (κ3) is 7.33. The number of hydrogen-bond donors (Lipinski definition) is 2. The molecule has 2 N–H and O–H groups in total. The molecule has 11 heteroatoms. The van der Waals surface area contributed by atoms with Gasteiger partial charge in [0.15, 0.2) is 0 Å². The second-order valence-electron chi connectivity index (χ2n) is 10.8. The van der Waals surface area contributed by atoms with Gasteiger partial charge >= 0.3 is 0 Å². The highest BCUT2D eigenvalue weighted by molar-refractivity contribution is 7.91. The Morgan fingerprint density at radius 3 is 2.67 bits per heavy atom. The van der Waals surface area contributed by atoms with E-state index in [9.17, 15) is 12.8 Å². The average molecular weight is 620 g/mol. The first-order chi connectivity index (χ1) is 20.8. The van der Waals surface area contributed by atoms with Gasteiger partial charge in [0.25, 0.3) is 0 Å². The van der Waals surface area contributed by atoms with Gasteiger partial charge in [0.2, 0.25) is 0 Å². The van der Waals surface area contributed by atoms with Crippen molar-refractivity contribution in [1.29, 1.82) is 0 Å². The quantitative estimate of drug-likeness (QED) is 0.185. The normalized spacial score (nSPS) is 15.0. The summed E-state index contributed by atoms with van der Waals surface area (Å²) in [5.41, 5.74) is 4.35. The molecule has 0 spiro atoms. The fraction of sp³-hybridized carbons (Fsp3) is 0.250. The van der Waals surface area contributed by atoms with Crippen LogP contribution in [0.2, 0.25) is 5.02 Å². The van der Waals surface area contributed by atoms with Crippen LogP contribution in [0.3, 0.4) is 0 Å². The number of rotatable bonds is 10. The molecule has 0 atom stereocenters. The fourth-order valence-corrected chi connectivity index (χ4v) is 7.02. The van der Waals surface area contributed by atoms with E-state index in [0.717, 1.165) is 47.2 Å². The molecule has 0 unspecified atom stereocenters. The second kappa shape index (κ2) is 12.7. The molecule has 0 amide bonds. The zero-order chi connectivity index (χ0) is 29.8. The SMILES string of the molecule is O=S1(=O)CCC(CNCc2ccn(-c3ccc4ncnc(Nc5ccc(OCc6cccc(F)c6)c(Cl)c5)c4c3)c2)CC1. The Morgan fingerprint density at radius 1 is 1.00 bits per heavy atom. The maximum Gasteiger partial charge on any atom is 0.150 e. The van der Waals surface area contributed by atoms with E-state index >= 15 is 0 Å². The van der Waals surface area contributed by atoms with E-state index in [1.165, 1.54) is 18.5 Å². The minimum absolute atomic E-state index is 0.202. The van der Waals surface area contributed by atoms with Crippen molar-refractivity contribution in [2.75, 3.05) is 23.4 Å². The monoisotopic (exact) mass is 619 g/mol. The van der Waals surface area contributed by atoms with Gasteiger partial charge in [-0.15, -0.1) is 0 Å². The highest BCUT2D eigenvalue weighted by Gasteiger charge is 2.23. The topological polar surface area (TPSA) is 98.1 Å². The van der Waals surface area contributed by atoms with Crippen LogP contribution in [0.5, 0.6) is 5.75 Å². The average Bonchev–Trinajstić information content (AvgIpc) is 3.47. The maximum absolute atomic E-state index is 13.5. The summed E-state index contributed by atoms with van der Waals surface area (Å²) in [6, 6.07) is 19.7. The van der Waals surface area contributed by atoms with Gasteiger partial charge in [-0.3, -0.25) is 0 Å². The Balaban J connectivity index is 1.11. The zero-order valence-electron chi connectivity index (χ0n) is 23.3. The van der Waals surface area contributed by atoms with Crippen LogP contribution in [0.4, 0.5) is 15.9 Å². The minimum atomic E-state index is -2.84. The highest BCUT2D eigenvalue weighted by Crippen LogP contribution is 2.31. The van der Waals surface area contributed by atoms with Gasteiger partial charge in [0.05, 0.1) is 22.0 Å². The Morgan fingerprint density at radius 2 is 1.86 bits per heavy atom. The standard InChI is InChI=1S/C32H31ClFN5O3S/c33-29-15-26(4-7-31(29)42-20-23-2-1-3-25(34)14-23)38-32-28-16-27(5-6-30(28)36-21-37-32)39-11-8-24(19-39)18-35-17-22-9-12-43(40,41)13-10-22/h1-8,11,14-16,19,21-22,35H,9-10,12-13,17-18,20H2,(H,36,37,38). The molecular formula is C32H31ClFN5O3S. The lowest BCUT2D eigenvalue weighted by molar-refractivity contribution is 0.306. The molecule has 1 aliphatic rings. The summed E-state index contributed by atoms with van der Waals surface area (Å²) in [5.74, 6) is 1.81. The lowest BCUT2D eigenvalue weighted by atomic mass is 10.0. The van der Waals surface area contributed by atoms with Crippen LogP contribution in [0.1, 0.15) is 24.0 Å². The van der Waals surface area contributed by atoms with Crippen LogP contribution >= 0.6 is 11.6 Å². The van der Waals surface area contributed by atoms with Crippen molar-refractivity contribution in [3.63, 3.8) is 0 Å². The van der Waals surface area contributed by atoms with Crippen molar-refractivity contribution in [2.45, 2.75) is 26.0 Å². The number of aromatic nitrogens is 3. The van der Waals surface area contributed by atoms with E-state index in [4.69, 9.17) is 16.3 Å². The maximum atomic E-state index is 13.5. The molecule has 0 radical (unpaired) electrons. The van der Waals surface area contributed by atoms with E-state index < -0.39 is 9.84 Å². The third-order valence-corrected chi connectivity index (χ3v) is 9.60. The molecule has 0 aliphatic carbocycles. The molecular weight excluding hydrogens is 589 g/mol. The summed E-state index contributed by atoms with van der Waals surface area (Å²) in [5, 5.41) is 8.10. The number of fused-ring (bicyclic) bond motifs is 1. The summed E-state index contributed by atoms with van der Waals surface area (Å²) in [6.07, 6.45) is 7.08. The first-order valence-electron chi connectivity index (χ1n) is 14.1. The molecule has 1 saturated heterocycles. The lowest BCUT2D eigenvalue weighted by Crippen LogP contribution is -2.30. The Labute approximate surface area is 254 Å². The number of sulfone groups is 1. The summed E-state index contributed by atoms with van der Waals surface area (Å²) in [6.45, 7) is 1.73. The molecule has 43 heavy (non-hydrogen) atoms. The van der Waals surface area contributed by atoms with Crippen molar-refractivity contribution in [3.8, 4) is 11.4 Å². The van der Waals surface area contributed by atoms with E-state index in [-0.39, 0.29) is 12.4 Å². The van der Waals surface area contributed by atoms with Crippen LogP contribution in [-0.2, 0) is 23.0 Å². The molecule has 1 aliphatic heterocycles. The smallest absolute Gasteiger partial charge is 0.150 e. The number of ether oxygens (including phenoxy) is 1. The van der Waals surface area contributed by atoms with Crippen LogP contribution in [0.25, 0.3) is 16.6 Å². The fourth-order valence-electron chi connectivity index (χ4n) is 5.19. The number of benzene rings is 3. The molecule has 222 valence electrons. The van der Waals surface area contributed by atoms with Gasteiger partial charge in [0, 0.05) is 35.7 Å². The van der Waals surface area contributed by atoms with Crippen LogP contribution < -0.4 is 15.4 Å². The number of anilines is 2. The first-order valence-corrected chi connectivity index (χ1v) is 16.3. The summed E-state index contributed by atoms with van der Waals surface area (Å²) >= 11 is 6.51. The molecule has 8 nitrogen and oxygen atoms in total. The summed E-state index contributed by atoms with van der Waals surface area (Å²) in [4.78, 5) is 8.91. The molecule has 2 aromatic heterocycles. The van der Waals surface area contributed by atoms with Crippen molar-refractivity contribution < 1.29 is 17.5 Å². The van der Waals surface area contributed by atoms with Gasteiger partial charge < -0.3 is 19.9 Å². The van der Waals surface area contributed by atoms with Crippen molar-refractivity contribution in [3.05, 3.63) is 107 Å². The van der Waals surface area contributed by atoms with Gasteiger partial charge in [-0.2, -0.15) is 0 Å². The molecule has 1 fully saturated rings. The third-order valence-electron chi connectivity index (χ3n) is 7.59. The lowest BCUT2D eigenvalue weighted by Gasteiger charge is -2.22. The molecule has 3 aromatic carbocycles. The van der Waals surface area contributed by atoms with Gasteiger partial charge in [-0.05, 0) is 91.0 Å². The van der Waals surface area contributed by atoms with Crippen molar-refractivity contribution in [1.82, 2.24) is 19.9 Å². The van der Waals surface area contributed by atoms with Gasteiger partial charge in [0.1, 0.15) is 40.2 Å². The van der Waals surface area contributed by atoms with Crippen molar-refractivity contribution >= 4 is 43.8 Å². The van der Waals surface area contributed by atoms with E-state index in [0.29, 0.717) is 46.1 Å². The van der Waals surface area contributed by atoms with Crippen LogP contribution in [0.15, 0.2) is 85.5 Å². The predicted octanol–water partition coefficient (Wildman–Crippen LogP) is 6.45. The number of nitrogens with one attached hydrogen (secondary N) is 2. The molecule has 0 bridgehead atoms. The molecule has 5 aromatic rings. The van der Waals surface area contributed by atoms with E-state index in [2.05, 4.69) is 37.4 Å². The highest BCUT2D eigenvalue weighted by atomic mass is 35.5. The Bertz CT molecular complexity index is 1850.